The number of para-hydroxylation sites is 1. The fraction of sp³-hybridized carbons (Fsp3) is 0.130. The highest BCUT2D eigenvalue weighted by Crippen LogP contribution is 2.33. The highest BCUT2D eigenvalue weighted by atomic mass is 32.1. The molecule has 0 fully saturated rings. The SMILES string of the molecule is Cc1cc(-c2nc3ccccc3s2)ccc1NC(=O)c1ccc2c(c1)OCCO2. The van der Waals surface area contributed by atoms with Crippen molar-refractivity contribution >= 4 is 33.1 Å². The van der Waals surface area contributed by atoms with Crippen LogP contribution < -0.4 is 14.8 Å². The average Bonchev–Trinajstić information content (AvgIpc) is 3.19. The molecule has 6 heteroatoms. The van der Waals surface area contributed by atoms with E-state index in [1.807, 2.05) is 37.3 Å². The van der Waals surface area contributed by atoms with Crippen LogP contribution in [0.15, 0.2) is 60.7 Å². The maximum atomic E-state index is 12.7. The molecule has 0 radical (unpaired) electrons. The molecule has 1 amide bonds. The standard InChI is InChI=1S/C23H18N2O3S/c1-14-12-16(23-25-18-4-2-3-5-21(18)29-23)6-8-17(14)24-22(26)15-7-9-19-20(13-15)28-11-10-27-19/h2-9,12-13H,10-11H2,1H3,(H,24,26). The minimum atomic E-state index is -0.183. The van der Waals surface area contributed by atoms with Crippen LogP contribution in [0, 0.1) is 6.92 Å². The number of anilines is 1. The van der Waals surface area contributed by atoms with E-state index in [2.05, 4.69) is 17.4 Å². The lowest BCUT2D eigenvalue weighted by Crippen LogP contribution is -2.17. The zero-order chi connectivity index (χ0) is 19.8. The quantitative estimate of drug-likeness (QED) is 0.505. The molecule has 1 aliphatic rings. The first kappa shape index (κ1) is 17.7. The molecule has 29 heavy (non-hydrogen) atoms. The van der Waals surface area contributed by atoms with E-state index in [0.717, 1.165) is 32.0 Å². The number of hydrogen-bond acceptors (Lipinski definition) is 5. The van der Waals surface area contributed by atoms with Gasteiger partial charge in [0, 0.05) is 16.8 Å². The van der Waals surface area contributed by atoms with Gasteiger partial charge in [0.15, 0.2) is 11.5 Å². The molecular formula is C23H18N2O3S. The van der Waals surface area contributed by atoms with Crippen molar-refractivity contribution in [2.75, 3.05) is 18.5 Å². The Balaban J connectivity index is 1.38. The highest BCUT2D eigenvalue weighted by Gasteiger charge is 2.16. The van der Waals surface area contributed by atoms with Crippen molar-refractivity contribution < 1.29 is 14.3 Å². The van der Waals surface area contributed by atoms with Crippen LogP contribution in [-0.2, 0) is 0 Å². The number of thiazole rings is 1. The topological polar surface area (TPSA) is 60.5 Å². The molecule has 0 saturated heterocycles. The van der Waals surface area contributed by atoms with Crippen LogP contribution in [0.4, 0.5) is 5.69 Å². The second-order valence-corrected chi connectivity index (χ2v) is 7.86. The highest BCUT2D eigenvalue weighted by molar-refractivity contribution is 7.21. The van der Waals surface area contributed by atoms with Crippen molar-refractivity contribution in [3.63, 3.8) is 0 Å². The molecule has 0 unspecified atom stereocenters. The molecule has 2 heterocycles. The minimum Gasteiger partial charge on any atom is -0.486 e. The maximum absolute atomic E-state index is 12.7. The summed E-state index contributed by atoms with van der Waals surface area (Å²) in [7, 11) is 0. The molecule has 1 N–H and O–H groups in total. The molecule has 1 aliphatic heterocycles. The van der Waals surface area contributed by atoms with Gasteiger partial charge in [0.05, 0.1) is 10.2 Å². The second kappa shape index (κ2) is 7.22. The Morgan fingerprint density at radius 3 is 2.66 bits per heavy atom. The van der Waals surface area contributed by atoms with Gasteiger partial charge in [0.25, 0.3) is 5.91 Å². The predicted molar refractivity (Wildman–Crippen MR) is 115 cm³/mol. The largest absolute Gasteiger partial charge is 0.486 e. The van der Waals surface area contributed by atoms with E-state index in [0.29, 0.717) is 30.3 Å². The fourth-order valence-electron chi connectivity index (χ4n) is 3.31. The fourth-order valence-corrected chi connectivity index (χ4v) is 4.27. The van der Waals surface area contributed by atoms with Gasteiger partial charge >= 0.3 is 0 Å². The number of amides is 1. The smallest absolute Gasteiger partial charge is 0.255 e. The molecule has 5 nitrogen and oxygen atoms in total. The van der Waals surface area contributed by atoms with Crippen LogP contribution >= 0.6 is 11.3 Å². The van der Waals surface area contributed by atoms with Gasteiger partial charge in [-0.05, 0) is 61.0 Å². The molecule has 0 aliphatic carbocycles. The number of carbonyl (C=O) groups excluding carboxylic acids is 1. The van der Waals surface area contributed by atoms with Crippen molar-refractivity contribution in [3.8, 4) is 22.1 Å². The van der Waals surface area contributed by atoms with E-state index in [4.69, 9.17) is 14.5 Å². The normalized spacial score (nSPS) is 12.7. The Labute approximate surface area is 171 Å². The molecule has 144 valence electrons. The number of nitrogens with one attached hydrogen (secondary N) is 1. The predicted octanol–water partition coefficient (Wildman–Crippen LogP) is 5.30. The summed E-state index contributed by atoms with van der Waals surface area (Å²) >= 11 is 1.66. The lowest BCUT2D eigenvalue weighted by molar-refractivity contribution is 0.102. The van der Waals surface area contributed by atoms with Gasteiger partial charge < -0.3 is 14.8 Å². The number of nitrogens with zero attached hydrogens (tertiary/aromatic N) is 1. The first-order valence-electron chi connectivity index (χ1n) is 9.35. The van der Waals surface area contributed by atoms with Crippen LogP contribution in [-0.4, -0.2) is 24.1 Å². The second-order valence-electron chi connectivity index (χ2n) is 6.83. The number of benzene rings is 3. The number of aryl methyl sites for hydroxylation is 1. The van der Waals surface area contributed by atoms with Crippen LogP contribution in [0.2, 0.25) is 0 Å². The first-order valence-corrected chi connectivity index (χ1v) is 10.2. The molecule has 5 rings (SSSR count). The average molecular weight is 402 g/mol. The van der Waals surface area contributed by atoms with Gasteiger partial charge in [-0.25, -0.2) is 4.98 Å². The van der Waals surface area contributed by atoms with Gasteiger partial charge in [-0.3, -0.25) is 4.79 Å². The third kappa shape index (κ3) is 3.43. The van der Waals surface area contributed by atoms with Crippen LogP contribution in [0.3, 0.4) is 0 Å². The number of ether oxygens (including phenoxy) is 2. The van der Waals surface area contributed by atoms with Crippen LogP contribution in [0.1, 0.15) is 15.9 Å². The van der Waals surface area contributed by atoms with E-state index in [1.54, 1.807) is 29.5 Å². The number of hydrogen-bond donors (Lipinski definition) is 1. The van der Waals surface area contributed by atoms with Gasteiger partial charge in [-0.1, -0.05) is 12.1 Å². The Morgan fingerprint density at radius 1 is 1.00 bits per heavy atom. The van der Waals surface area contributed by atoms with E-state index in [9.17, 15) is 4.79 Å². The van der Waals surface area contributed by atoms with Crippen LogP contribution in [0.5, 0.6) is 11.5 Å². The number of fused-ring (bicyclic) bond motifs is 2. The van der Waals surface area contributed by atoms with Crippen molar-refractivity contribution in [2.24, 2.45) is 0 Å². The minimum absolute atomic E-state index is 0.183. The van der Waals surface area contributed by atoms with Crippen molar-refractivity contribution in [2.45, 2.75) is 6.92 Å². The summed E-state index contributed by atoms with van der Waals surface area (Å²) in [4.78, 5) is 17.4. The van der Waals surface area contributed by atoms with Gasteiger partial charge in [0.1, 0.15) is 18.2 Å². The van der Waals surface area contributed by atoms with Crippen molar-refractivity contribution in [1.82, 2.24) is 4.98 Å². The Hall–Kier alpha value is -3.38. The number of aromatic nitrogens is 1. The zero-order valence-electron chi connectivity index (χ0n) is 15.8. The summed E-state index contributed by atoms with van der Waals surface area (Å²) in [5.74, 6) is 1.09. The molecule has 0 atom stereocenters. The van der Waals surface area contributed by atoms with Gasteiger partial charge in [0.2, 0.25) is 0 Å². The molecule has 0 spiro atoms. The monoisotopic (exact) mass is 402 g/mol. The molecule has 0 bridgehead atoms. The van der Waals surface area contributed by atoms with Gasteiger partial charge in [-0.15, -0.1) is 11.3 Å². The summed E-state index contributed by atoms with van der Waals surface area (Å²) in [6.07, 6.45) is 0. The van der Waals surface area contributed by atoms with Crippen molar-refractivity contribution in [1.29, 1.82) is 0 Å². The summed E-state index contributed by atoms with van der Waals surface area (Å²) in [6.45, 7) is 3.00. The van der Waals surface area contributed by atoms with Gasteiger partial charge in [-0.2, -0.15) is 0 Å². The third-order valence-corrected chi connectivity index (χ3v) is 5.91. The van der Waals surface area contributed by atoms with E-state index >= 15 is 0 Å². The molecular weight excluding hydrogens is 384 g/mol. The summed E-state index contributed by atoms with van der Waals surface area (Å²) in [5.41, 5.74) is 4.33. The lowest BCUT2D eigenvalue weighted by atomic mass is 10.1. The summed E-state index contributed by atoms with van der Waals surface area (Å²) in [5, 5.41) is 3.96. The third-order valence-electron chi connectivity index (χ3n) is 4.82. The number of carbonyl (C=O) groups is 1. The Morgan fingerprint density at radius 2 is 1.83 bits per heavy atom. The molecule has 0 saturated carbocycles. The van der Waals surface area contributed by atoms with E-state index < -0.39 is 0 Å². The van der Waals surface area contributed by atoms with E-state index in [-0.39, 0.29) is 5.91 Å². The zero-order valence-corrected chi connectivity index (χ0v) is 16.6. The Kier molecular flexibility index (Phi) is 4.41. The summed E-state index contributed by atoms with van der Waals surface area (Å²) < 4.78 is 12.2. The maximum Gasteiger partial charge on any atom is 0.255 e. The Bertz CT molecular complexity index is 1200. The van der Waals surface area contributed by atoms with Crippen molar-refractivity contribution in [3.05, 3.63) is 71.8 Å². The molecule has 3 aromatic carbocycles. The van der Waals surface area contributed by atoms with Crippen LogP contribution in [0.25, 0.3) is 20.8 Å². The first-order chi connectivity index (χ1) is 14.2. The lowest BCUT2D eigenvalue weighted by Gasteiger charge is -2.18. The molecule has 1 aromatic heterocycles. The summed E-state index contributed by atoms with van der Waals surface area (Å²) in [6, 6.07) is 19.3. The number of rotatable bonds is 3. The molecule has 4 aromatic rings. The van der Waals surface area contributed by atoms with E-state index in [1.165, 1.54) is 0 Å².